The van der Waals surface area contributed by atoms with Crippen molar-refractivity contribution in [3.8, 4) is 0 Å². The number of piperazine rings is 1. The van der Waals surface area contributed by atoms with Crippen molar-refractivity contribution >= 4 is 44.4 Å². The standard InChI is InChI=1S/C18H18N4OS2/c1-24-16-13(5-4-8-19-16)17(23)21-9-11-22(12-10-21)18-20-14-6-2-3-7-15(14)25-18/h2-8H,9-12H2,1H3. The molecular weight excluding hydrogens is 352 g/mol. The van der Waals surface area contributed by atoms with Crippen LogP contribution in [0, 0.1) is 0 Å². The summed E-state index contributed by atoms with van der Waals surface area (Å²) in [7, 11) is 0. The van der Waals surface area contributed by atoms with E-state index in [1.165, 1.54) is 16.5 Å². The summed E-state index contributed by atoms with van der Waals surface area (Å²) in [5.41, 5.74) is 1.74. The Morgan fingerprint density at radius 3 is 2.68 bits per heavy atom. The lowest BCUT2D eigenvalue weighted by atomic mass is 10.2. The summed E-state index contributed by atoms with van der Waals surface area (Å²) in [6.45, 7) is 3.02. The fourth-order valence-corrected chi connectivity index (χ4v) is 4.54. The second-order valence-corrected chi connectivity index (χ2v) is 7.61. The highest BCUT2D eigenvalue weighted by molar-refractivity contribution is 7.98. The molecule has 0 bridgehead atoms. The zero-order valence-electron chi connectivity index (χ0n) is 13.9. The third-order valence-electron chi connectivity index (χ3n) is 4.31. The Morgan fingerprint density at radius 1 is 1.12 bits per heavy atom. The maximum atomic E-state index is 12.8. The fourth-order valence-electron chi connectivity index (χ4n) is 2.98. The van der Waals surface area contributed by atoms with E-state index in [2.05, 4.69) is 16.0 Å². The van der Waals surface area contributed by atoms with Gasteiger partial charge in [-0.05, 0) is 30.5 Å². The summed E-state index contributed by atoms with van der Waals surface area (Å²) < 4.78 is 1.20. The number of thioether (sulfide) groups is 1. The first-order valence-electron chi connectivity index (χ1n) is 8.15. The zero-order chi connectivity index (χ0) is 17.2. The highest BCUT2D eigenvalue weighted by Crippen LogP contribution is 2.29. The molecule has 4 rings (SSSR count). The Morgan fingerprint density at radius 2 is 1.92 bits per heavy atom. The summed E-state index contributed by atoms with van der Waals surface area (Å²) in [4.78, 5) is 26.0. The molecule has 3 heterocycles. The van der Waals surface area contributed by atoms with Gasteiger partial charge in [0.2, 0.25) is 0 Å². The predicted molar refractivity (Wildman–Crippen MR) is 104 cm³/mol. The lowest BCUT2D eigenvalue weighted by Crippen LogP contribution is -2.48. The van der Waals surface area contributed by atoms with Gasteiger partial charge < -0.3 is 9.80 Å². The maximum Gasteiger partial charge on any atom is 0.256 e. The minimum atomic E-state index is 0.0707. The van der Waals surface area contributed by atoms with Gasteiger partial charge in [0.05, 0.1) is 15.8 Å². The first-order valence-corrected chi connectivity index (χ1v) is 10.2. The van der Waals surface area contributed by atoms with E-state index in [-0.39, 0.29) is 5.91 Å². The Balaban J connectivity index is 1.46. The highest BCUT2D eigenvalue weighted by Gasteiger charge is 2.25. The van der Waals surface area contributed by atoms with Gasteiger partial charge in [-0.3, -0.25) is 4.79 Å². The van der Waals surface area contributed by atoms with E-state index in [0.29, 0.717) is 18.7 Å². The molecule has 0 unspecified atom stereocenters. The summed E-state index contributed by atoms with van der Waals surface area (Å²) in [5.74, 6) is 0.0707. The number of rotatable bonds is 3. The minimum absolute atomic E-state index is 0.0707. The second kappa shape index (κ2) is 7.01. The molecule has 0 N–H and O–H groups in total. The van der Waals surface area contributed by atoms with Crippen molar-refractivity contribution in [2.24, 2.45) is 0 Å². The normalized spacial score (nSPS) is 14.9. The number of fused-ring (bicyclic) bond motifs is 1. The number of thiazole rings is 1. The number of carbonyl (C=O) groups is 1. The molecule has 2 aromatic heterocycles. The van der Waals surface area contributed by atoms with Crippen LogP contribution in [0.15, 0.2) is 47.6 Å². The molecule has 128 valence electrons. The molecule has 1 amide bonds. The SMILES string of the molecule is CSc1ncccc1C(=O)N1CCN(c2nc3ccccc3s2)CC1. The van der Waals surface area contributed by atoms with E-state index in [0.717, 1.165) is 28.8 Å². The van der Waals surface area contributed by atoms with Crippen LogP contribution in [0.1, 0.15) is 10.4 Å². The molecule has 0 atom stereocenters. The van der Waals surface area contributed by atoms with Crippen LogP contribution in [0.2, 0.25) is 0 Å². The van der Waals surface area contributed by atoms with Crippen LogP contribution in [-0.2, 0) is 0 Å². The Labute approximate surface area is 154 Å². The quantitative estimate of drug-likeness (QED) is 0.662. The molecule has 1 saturated heterocycles. The van der Waals surface area contributed by atoms with Gasteiger partial charge in [-0.2, -0.15) is 0 Å². The largest absolute Gasteiger partial charge is 0.345 e. The number of pyridine rings is 1. The Kier molecular flexibility index (Phi) is 4.59. The van der Waals surface area contributed by atoms with Crippen LogP contribution < -0.4 is 4.90 Å². The van der Waals surface area contributed by atoms with Gasteiger partial charge in [0, 0.05) is 32.4 Å². The molecule has 1 aliphatic heterocycles. The fraction of sp³-hybridized carbons (Fsp3) is 0.278. The second-order valence-electron chi connectivity index (χ2n) is 5.80. The highest BCUT2D eigenvalue weighted by atomic mass is 32.2. The van der Waals surface area contributed by atoms with E-state index in [1.807, 2.05) is 41.5 Å². The van der Waals surface area contributed by atoms with Gasteiger partial charge in [-0.25, -0.2) is 9.97 Å². The number of hydrogen-bond donors (Lipinski definition) is 0. The average molecular weight is 371 g/mol. The van der Waals surface area contributed by atoms with Crippen molar-refractivity contribution < 1.29 is 4.79 Å². The summed E-state index contributed by atoms with van der Waals surface area (Å²) >= 11 is 3.22. The molecular formula is C18H18N4OS2. The molecule has 0 spiro atoms. The van der Waals surface area contributed by atoms with E-state index in [9.17, 15) is 4.79 Å². The van der Waals surface area contributed by atoms with Crippen LogP contribution in [0.5, 0.6) is 0 Å². The first kappa shape index (κ1) is 16.4. The molecule has 5 nitrogen and oxygen atoms in total. The van der Waals surface area contributed by atoms with E-state index >= 15 is 0 Å². The van der Waals surface area contributed by atoms with Crippen LogP contribution >= 0.6 is 23.1 Å². The molecule has 1 aromatic carbocycles. The number of para-hydroxylation sites is 1. The molecule has 1 aliphatic rings. The number of carbonyl (C=O) groups excluding carboxylic acids is 1. The van der Waals surface area contributed by atoms with Crippen LogP contribution in [-0.4, -0.2) is 53.2 Å². The topological polar surface area (TPSA) is 49.3 Å². The monoisotopic (exact) mass is 370 g/mol. The summed E-state index contributed by atoms with van der Waals surface area (Å²) in [6.07, 6.45) is 3.68. The van der Waals surface area contributed by atoms with Crippen molar-refractivity contribution in [3.05, 3.63) is 48.2 Å². The Bertz CT molecular complexity index is 870. The van der Waals surface area contributed by atoms with Crippen molar-refractivity contribution in [1.82, 2.24) is 14.9 Å². The van der Waals surface area contributed by atoms with Gasteiger partial charge in [0.25, 0.3) is 5.91 Å². The van der Waals surface area contributed by atoms with Gasteiger partial charge in [0.1, 0.15) is 5.03 Å². The number of aromatic nitrogens is 2. The number of benzene rings is 1. The number of hydrogen-bond acceptors (Lipinski definition) is 6. The molecule has 1 fully saturated rings. The van der Waals surface area contributed by atoms with Gasteiger partial charge >= 0.3 is 0 Å². The number of anilines is 1. The lowest BCUT2D eigenvalue weighted by Gasteiger charge is -2.34. The van der Waals surface area contributed by atoms with Crippen molar-refractivity contribution in [3.63, 3.8) is 0 Å². The average Bonchev–Trinajstić information content (AvgIpc) is 3.12. The lowest BCUT2D eigenvalue weighted by molar-refractivity contribution is 0.0742. The Hall–Kier alpha value is -2.12. The maximum absolute atomic E-state index is 12.8. The molecule has 25 heavy (non-hydrogen) atoms. The predicted octanol–water partition coefficient (Wildman–Crippen LogP) is 3.38. The van der Waals surface area contributed by atoms with Gasteiger partial charge in [-0.15, -0.1) is 11.8 Å². The first-order chi connectivity index (χ1) is 12.3. The van der Waals surface area contributed by atoms with Crippen LogP contribution in [0.25, 0.3) is 10.2 Å². The van der Waals surface area contributed by atoms with Crippen molar-refractivity contribution in [1.29, 1.82) is 0 Å². The summed E-state index contributed by atoms with van der Waals surface area (Å²) in [6, 6.07) is 11.9. The van der Waals surface area contributed by atoms with Crippen molar-refractivity contribution in [2.75, 3.05) is 37.3 Å². The van der Waals surface area contributed by atoms with E-state index in [1.54, 1.807) is 17.5 Å². The smallest absolute Gasteiger partial charge is 0.256 e. The van der Waals surface area contributed by atoms with Gasteiger partial charge in [-0.1, -0.05) is 23.5 Å². The van der Waals surface area contributed by atoms with Gasteiger partial charge in [0.15, 0.2) is 5.13 Å². The van der Waals surface area contributed by atoms with Crippen LogP contribution in [0.4, 0.5) is 5.13 Å². The minimum Gasteiger partial charge on any atom is -0.345 e. The summed E-state index contributed by atoms with van der Waals surface area (Å²) in [5, 5.41) is 1.83. The third kappa shape index (κ3) is 3.21. The van der Waals surface area contributed by atoms with Crippen LogP contribution in [0.3, 0.4) is 0 Å². The molecule has 7 heteroatoms. The number of amides is 1. The van der Waals surface area contributed by atoms with E-state index < -0.39 is 0 Å². The van der Waals surface area contributed by atoms with Crippen molar-refractivity contribution in [2.45, 2.75) is 5.03 Å². The molecule has 3 aromatic rings. The molecule has 0 aliphatic carbocycles. The van der Waals surface area contributed by atoms with E-state index in [4.69, 9.17) is 4.98 Å². The number of nitrogens with zero attached hydrogens (tertiary/aromatic N) is 4. The third-order valence-corrected chi connectivity index (χ3v) is 6.12. The molecule has 0 radical (unpaired) electrons. The zero-order valence-corrected chi connectivity index (χ0v) is 15.5. The molecule has 0 saturated carbocycles.